The molecule has 0 saturated carbocycles. The van der Waals surface area contributed by atoms with E-state index in [0.717, 1.165) is 12.8 Å². The molecule has 0 aromatic carbocycles. The van der Waals surface area contributed by atoms with Gasteiger partial charge in [0.1, 0.15) is 0 Å². The van der Waals surface area contributed by atoms with Gasteiger partial charge in [-0.1, -0.05) is 13.3 Å². The van der Waals surface area contributed by atoms with Crippen LogP contribution in [0.1, 0.15) is 33.6 Å². The monoisotopic (exact) mass is 248 g/mol. The highest BCUT2D eigenvalue weighted by molar-refractivity contribution is 7.99. The lowest BCUT2D eigenvalue weighted by Crippen LogP contribution is -2.29. The average Bonchev–Trinajstić information content (AvgIpc) is 2.17. The molecule has 0 atom stereocenters. The first-order chi connectivity index (χ1) is 7.40. The number of hydrogen-bond acceptors (Lipinski definition) is 4. The van der Waals surface area contributed by atoms with Crippen LogP contribution in [0.4, 0.5) is 0 Å². The third-order valence-corrected chi connectivity index (χ3v) is 3.35. The molecule has 0 saturated heterocycles. The summed E-state index contributed by atoms with van der Waals surface area (Å²) in [4.78, 5) is 22.0. The fourth-order valence-electron chi connectivity index (χ4n) is 0.957. The Morgan fingerprint density at radius 1 is 1.38 bits per heavy atom. The third-order valence-electron chi connectivity index (χ3n) is 1.97. The van der Waals surface area contributed by atoms with Crippen molar-refractivity contribution >= 4 is 23.7 Å². The summed E-state index contributed by atoms with van der Waals surface area (Å²) in [5.41, 5.74) is -0.617. The zero-order chi connectivity index (χ0) is 12.6. The molecule has 0 fully saturated rings. The van der Waals surface area contributed by atoms with E-state index in [4.69, 9.17) is 9.84 Å². The number of carboxylic acid groups (broad SMARTS) is 1. The van der Waals surface area contributed by atoms with Crippen LogP contribution in [0.3, 0.4) is 0 Å². The minimum Gasteiger partial charge on any atom is -0.481 e. The Labute approximate surface area is 101 Å². The molecule has 0 rings (SSSR count). The number of carbonyl (C=O) groups excluding carboxylic acids is 1. The first kappa shape index (κ1) is 15.3. The van der Waals surface area contributed by atoms with E-state index in [2.05, 4.69) is 0 Å². The van der Waals surface area contributed by atoms with Crippen molar-refractivity contribution in [2.45, 2.75) is 33.6 Å². The number of carbonyl (C=O) groups is 2. The van der Waals surface area contributed by atoms with Crippen molar-refractivity contribution in [1.29, 1.82) is 0 Å². The highest BCUT2D eigenvalue weighted by Crippen LogP contribution is 2.23. The van der Waals surface area contributed by atoms with Crippen molar-refractivity contribution in [2.75, 3.05) is 18.1 Å². The molecule has 0 unspecified atom stereocenters. The molecule has 1 N–H and O–H groups in total. The SMILES string of the molecule is CCCCOC(=O)C(C)(C)CSCC(=O)O. The lowest BCUT2D eigenvalue weighted by molar-refractivity contribution is -0.152. The number of unbranched alkanes of at least 4 members (excludes halogenated alkanes) is 1. The Morgan fingerprint density at radius 3 is 2.50 bits per heavy atom. The molecule has 0 aliphatic rings. The lowest BCUT2D eigenvalue weighted by atomic mass is 9.97. The second kappa shape index (κ2) is 7.54. The van der Waals surface area contributed by atoms with E-state index in [1.165, 1.54) is 11.8 Å². The maximum absolute atomic E-state index is 11.6. The summed E-state index contributed by atoms with van der Waals surface area (Å²) in [6.07, 6.45) is 1.85. The fraction of sp³-hybridized carbons (Fsp3) is 0.818. The van der Waals surface area contributed by atoms with Crippen molar-refractivity contribution in [3.05, 3.63) is 0 Å². The molecule has 0 aliphatic heterocycles. The first-order valence-electron chi connectivity index (χ1n) is 5.37. The molecule has 0 amide bonds. The van der Waals surface area contributed by atoms with Gasteiger partial charge in [0.15, 0.2) is 0 Å². The van der Waals surface area contributed by atoms with E-state index in [0.29, 0.717) is 12.4 Å². The Kier molecular flexibility index (Phi) is 7.21. The summed E-state index contributed by atoms with van der Waals surface area (Å²) < 4.78 is 5.11. The highest BCUT2D eigenvalue weighted by atomic mass is 32.2. The Morgan fingerprint density at radius 2 is 2.00 bits per heavy atom. The standard InChI is InChI=1S/C11H20O4S/c1-4-5-6-15-10(14)11(2,3)8-16-7-9(12)13/h4-8H2,1-3H3,(H,12,13). The summed E-state index contributed by atoms with van der Waals surface area (Å²) in [5, 5.41) is 8.49. The Bertz CT molecular complexity index is 238. The van der Waals surface area contributed by atoms with Gasteiger partial charge in [0, 0.05) is 5.75 Å². The number of thioether (sulfide) groups is 1. The van der Waals surface area contributed by atoms with E-state index in [1.54, 1.807) is 13.8 Å². The molecular weight excluding hydrogens is 228 g/mol. The zero-order valence-electron chi connectivity index (χ0n) is 10.1. The lowest BCUT2D eigenvalue weighted by Gasteiger charge is -2.21. The van der Waals surface area contributed by atoms with Crippen LogP contribution >= 0.6 is 11.8 Å². The Balaban J connectivity index is 3.90. The Hall–Kier alpha value is -0.710. The number of ether oxygens (including phenoxy) is 1. The second-order valence-electron chi connectivity index (χ2n) is 4.26. The predicted molar refractivity (Wildman–Crippen MR) is 64.6 cm³/mol. The van der Waals surface area contributed by atoms with Crippen molar-refractivity contribution in [3.63, 3.8) is 0 Å². The molecule has 94 valence electrons. The highest BCUT2D eigenvalue weighted by Gasteiger charge is 2.29. The molecule has 5 heteroatoms. The topological polar surface area (TPSA) is 63.6 Å². The molecule has 4 nitrogen and oxygen atoms in total. The maximum atomic E-state index is 11.6. The van der Waals surface area contributed by atoms with Gasteiger partial charge in [-0.15, -0.1) is 11.8 Å². The van der Waals surface area contributed by atoms with E-state index in [1.807, 2.05) is 6.92 Å². The van der Waals surface area contributed by atoms with Crippen LogP contribution in [0.2, 0.25) is 0 Å². The predicted octanol–water partition coefficient (Wildman–Crippen LogP) is 2.17. The smallest absolute Gasteiger partial charge is 0.313 e. The summed E-state index contributed by atoms with van der Waals surface area (Å²) in [5.74, 6) is -0.630. The van der Waals surface area contributed by atoms with Crippen LogP contribution in [0.15, 0.2) is 0 Å². The minimum absolute atomic E-state index is 0.0195. The van der Waals surface area contributed by atoms with Crippen molar-refractivity contribution in [3.8, 4) is 0 Å². The van der Waals surface area contributed by atoms with Crippen LogP contribution in [-0.4, -0.2) is 35.2 Å². The van der Waals surface area contributed by atoms with E-state index in [-0.39, 0.29) is 11.7 Å². The number of rotatable bonds is 8. The molecule has 0 heterocycles. The molecule has 0 aliphatic carbocycles. The quantitative estimate of drug-likeness (QED) is 0.527. The maximum Gasteiger partial charge on any atom is 0.313 e. The van der Waals surface area contributed by atoms with Gasteiger partial charge in [-0.3, -0.25) is 9.59 Å². The van der Waals surface area contributed by atoms with Crippen LogP contribution in [0.25, 0.3) is 0 Å². The van der Waals surface area contributed by atoms with Crippen LogP contribution in [0.5, 0.6) is 0 Å². The van der Waals surface area contributed by atoms with Crippen molar-refractivity contribution < 1.29 is 19.4 Å². The number of esters is 1. The van der Waals surface area contributed by atoms with Crippen LogP contribution in [0, 0.1) is 5.41 Å². The molecular formula is C11H20O4S. The van der Waals surface area contributed by atoms with E-state index < -0.39 is 11.4 Å². The largest absolute Gasteiger partial charge is 0.481 e. The molecule has 0 aromatic heterocycles. The van der Waals surface area contributed by atoms with Gasteiger partial charge in [-0.05, 0) is 20.3 Å². The summed E-state index contributed by atoms with van der Waals surface area (Å²) in [7, 11) is 0. The van der Waals surface area contributed by atoms with E-state index >= 15 is 0 Å². The van der Waals surface area contributed by atoms with E-state index in [9.17, 15) is 9.59 Å². The average molecular weight is 248 g/mol. The van der Waals surface area contributed by atoms with Crippen LogP contribution in [-0.2, 0) is 14.3 Å². The number of carboxylic acids is 1. The molecule has 0 bridgehead atoms. The normalized spacial score (nSPS) is 11.2. The van der Waals surface area contributed by atoms with Crippen LogP contribution < -0.4 is 0 Å². The summed E-state index contributed by atoms with van der Waals surface area (Å²) >= 11 is 1.24. The molecule has 16 heavy (non-hydrogen) atoms. The van der Waals surface area contributed by atoms with Gasteiger partial charge in [-0.2, -0.15) is 0 Å². The third kappa shape index (κ3) is 6.71. The van der Waals surface area contributed by atoms with Crippen molar-refractivity contribution in [1.82, 2.24) is 0 Å². The molecule has 0 spiro atoms. The molecule has 0 radical (unpaired) electrons. The number of hydrogen-bond donors (Lipinski definition) is 1. The fourth-order valence-corrected chi connectivity index (χ4v) is 1.86. The van der Waals surface area contributed by atoms with Gasteiger partial charge in [0.05, 0.1) is 17.8 Å². The minimum atomic E-state index is -0.861. The van der Waals surface area contributed by atoms with Gasteiger partial charge in [0.2, 0.25) is 0 Å². The zero-order valence-corrected chi connectivity index (χ0v) is 10.9. The number of aliphatic carboxylic acids is 1. The first-order valence-corrected chi connectivity index (χ1v) is 6.52. The van der Waals surface area contributed by atoms with Gasteiger partial charge in [0.25, 0.3) is 0 Å². The van der Waals surface area contributed by atoms with Gasteiger partial charge < -0.3 is 9.84 Å². The van der Waals surface area contributed by atoms with Gasteiger partial charge in [-0.25, -0.2) is 0 Å². The second-order valence-corrected chi connectivity index (χ2v) is 5.25. The van der Waals surface area contributed by atoms with Crippen molar-refractivity contribution in [2.24, 2.45) is 5.41 Å². The molecule has 0 aromatic rings. The summed E-state index contributed by atoms with van der Waals surface area (Å²) in [6, 6.07) is 0. The summed E-state index contributed by atoms with van der Waals surface area (Å²) in [6.45, 7) is 6.02. The van der Waals surface area contributed by atoms with Gasteiger partial charge >= 0.3 is 11.9 Å².